The van der Waals surface area contributed by atoms with E-state index in [2.05, 4.69) is 53.8 Å². The number of hydrogen-bond acceptors (Lipinski definition) is 2. The zero-order valence-corrected chi connectivity index (χ0v) is 15.3. The molecule has 0 saturated carbocycles. The number of fused-ring (bicyclic) bond motifs is 5. The summed E-state index contributed by atoms with van der Waals surface area (Å²) in [5.74, 6) is 0.932. The van der Waals surface area contributed by atoms with E-state index in [1.54, 1.807) is 0 Å². The maximum Gasteiger partial charge on any atom is 0.149 e. The smallest absolute Gasteiger partial charge is 0.149 e. The maximum atomic E-state index is 4.96. The lowest BCUT2D eigenvalue weighted by atomic mass is 10.1. The summed E-state index contributed by atoms with van der Waals surface area (Å²) in [6, 6.07) is 24.9. The quantitative estimate of drug-likeness (QED) is 0.373. The highest BCUT2D eigenvalue weighted by Gasteiger charge is 2.14. The molecule has 0 unspecified atom stereocenters. The second-order valence-corrected chi connectivity index (χ2v) is 6.08. The van der Waals surface area contributed by atoms with Crippen LogP contribution in [0.15, 0.2) is 72.8 Å². The number of aromatic nitrogens is 3. The molecular formula is C23H21N3. The van der Waals surface area contributed by atoms with Gasteiger partial charge in [0.2, 0.25) is 0 Å². The molecule has 0 aliphatic carbocycles. The Kier molecular flexibility index (Phi) is 4.13. The molecule has 3 aromatic carbocycles. The van der Waals surface area contributed by atoms with Gasteiger partial charge in [-0.3, -0.25) is 4.40 Å². The van der Waals surface area contributed by atoms with Gasteiger partial charge in [-0.15, -0.1) is 0 Å². The van der Waals surface area contributed by atoms with Crippen LogP contribution in [-0.2, 0) is 0 Å². The average Bonchev–Trinajstić information content (AvgIpc) is 3.09. The molecule has 0 radical (unpaired) electrons. The minimum Gasteiger partial charge on any atom is -0.276 e. The van der Waals surface area contributed by atoms with Gasteiger partial charge in [-0.1, -0.05) is 61.9 Å². The van der Waals surface area contributed by atoms with Gasteiger partial charge in [0.05, 0.1) is 16.6 Å². The second-order valence-electron chi connectivity index (χ2n) is 6.08. The standard InChI is InChI=1S/C21H15N3.C2H6/c1-14-7-6-8-15(13-14)20-22-17-10-3-2-9-16(17)21-23-18-11-4-5-12-19(18)24(20)21;1-2/h2-13H,1H3;1-2H3. The van der Waals surface area contributed by atoms with Crippen LogP contribution in [0.5, 0.6) is 0 Å². The third-order valence-electron chi connectivity index (χ3n) is 4.42. The first-order valence-corrected chi connectivity index (χ1v) is 9.04. The maximum absolute atomic E-state index is 4.96. The highest BCUT2D eigenvalue weighted by atomic mass is 15.1. The molecule has 2 aromatic heterocycles. The Hall–Kier alpha value is -3.20. The molecule has 0 fully saturated rings. The highest BCUT2D eigenvalue weighted by Crippen LogP contribution is 2.29. The minimum atomic E-state index is 0.932. The van der Waals surface area contributed by atoms with Crippen LogP contribution in [0.2, 0.25) is 0 Å². The molecule has 0 saturated heterocycles. The molecule has 5 aromatic rings. The third-order valence-corrected chi connectivity index (χ3v) is 4.42. The van der Waals surface area contributed by atoms with E-state index in [1.165, 1.54) is 5.56 Å². The van der Waals surface area contributed by atoms with Crippen LogP contribution < -0.4 is 0 Å². The lowest BCUT2D eigenvalue weighted by Crippen LogP contribution is -1.98. The van der Waals surface area contributed by atoms with Crippen molar-refractivity contribution in [3.05, 3.63) is 78.4 Å². The molecule has 26 heavy (non-hydrogen) atoms. The van der Waals surface area contributed by atoms with Crippen molar-refractivity contribution in [2.24, 2.45) is 0 Å². The molecule has 0 aliphatic rings. The minimum absolute atomic E-state index is 0.932. The van der Waals surface area contributed by atoms with Gasteiger partial charge in [-0.2, -0.15) is 0 Å². The number of rotatable bonds is 1. The molecule has 0 bridgehead atoms. The molecule has 0 atom stereocenters. The predicted octanol–water partition coefficient (Wildman–Crippen LogP) is 6.04. The van der Waals surface area contributed by atoms with Gasteiger partial charge in [-0.25, -0.2) is 9.97 Å². The molecule has 0 aliphatic heterocycles. The van der Waals surface area contributed by atoms with Crippen molar-refractivity contribution >= 4 is 27.6 Å². The molecule has 2 heterocycles. The molecular weight excluding hydrogens is 318 g/mol. The van der Waals surface area contributed by atoms with E-state index in [4.69, 9.17) is 9.97 Å². The van der Waals surface area contributed by atoms with Gasteiger partial charge < -0.3 is 0 Å². The van der Waals surface area contributed by atoms with Crippen molar-refractivity contribution in [2.45, 2.75) is 20.8 Å². The van der Waals surface area contributed by atoms with E-state index < -0.39 is 0 Å². The normalized spacial score (nSPS) is 10.9. The third kappa shape index (κ3) is 2.53. The summed E-state index contributed by atoms with van der Waals surface area (Å²) < 4.78 is 2.17. The van der Waals surface area contributed by atoms with Crippen molar-refractivity contribution in [3.8, 4) is 11.4 Å². The van der Waals surface area contributed by atoms with Crippen LogP contribution in [-0.4, -0.2) is 14.4 Å². The van der Waals surface area contributed by atoms with Gasteiger partial charge in [0.15, 0.2) is 0 Å². The summed E-state index contributed by atoms with van der Waals surface area (Å²) in [6.45, 7) is 6.10. The summed E-state index contributed by atoms with van der Waals surface area (Å²) in [7, 11) is 0. The first kappa shape index (κ1) is 16.3. The van der Waals surface area contributed by atoms with Crippen molar-refractivity contribution in [2.75, 3.05) is 0 Å². The average molecular weight is 339 g/mol. The monoisotopic (exact) mass is 339 g/mol. The first-order valence-electron chi connectivity index (χ1n) is 9.04. The molecule has 0 spiro atoms. The zero-order valence-electron chi connectivity index (χ0n) is 15.3. The lowest BCUT2D eigenvalue weighted by molar-refractivity contribution is 1.16. The Balaban J connectivity index is 0.000000814. The van der Waals surface area contributed by atoms with Crippen molar-refractivity contribution in [3.63, 3.8) is 0 Å². The Morgan fingerprint density at radius 1 is 0.731 bits per heavy atom. The van der Waals surface area contributed by atoms with Crippen molar-refractivity contribution < 1.29 is 0 Å². The fraction of sp³-hybridized carbons (Fsp3) is 0.130. The van der Waals surface area contributed by atoms with E-state index in [0.717, 1.165) is 39.0 Å². The van der Waals surface area contributed by atoms with Crippen LogP contribution in [0.3, 0.4) is 0 Å². The summed E-state index contributed by atoms with van der Waals surface area (Å²) in [4.78, 5) is 9.83. The van der Waals surface area contributed by atoms with E-state index >= 15 is 0 Å². The predicted molar refractivity (Wildman–Crippen MR) is 110 cm³/mol. The van der Waals surface area contributed by atoms with Crippen molar-refractivity contribution in [1.29, 1.82) is 0 Å². The van der Waals surface area contributed by atoms with E-state index in [9.17, 15) is 0 Å². The SMILES string of the molecule is CC.Cc1cccc(-c2nc3ccccc3c3nc4ccccc4n23)c1. The molecule has 128 valence electrons. The highest BCUT2D eigenvalue weighted by molar-refractivity contribution is 5.98. The van der Waals surface area contributed by atoms with Crippen LogP contribution in [0.4, 0.5) is 0 Å². The Morgan fingerprint density at radius 2 is 1.46 bits per heavy atom. The van der Waals surface area contributed by atoms with E-state index in [-0.39, 0.29) is 0 Å². The number of imidazole rings is 1. The Morgan fingerprint density at radius 3 is 2.27 bits per heavy atom. The zero-order chi connectivity index (χ0) is 18.1. The Bertz CT molecular complexity index is 1220. The van der Waals surface area contributed by atoms with Crippen molar-refractivity contribution in [1.82, 2.24) is 14.4 Å². The number of para-hydroxylation sites is 3. The van der Waals surface area contributed by atoms with E-state index in [0.29, 0.717) is 0 Å². The van der Waals surface area contributed by atoms with Crippen LogP contribution in [0.25, 0.3) is 39.0 Å². The summed E-state index contributed by atoms with van der Waals surface area (Å²) in [5, 5.41) is 1.07. The summed E-state index contributed by atoms with van der Waals surface area (Å²) in [5.41, 5.74) is 6.33. The first-order chi connectivity index (χ1) is 12.8. The fourth-order valence-electron chi connectivity index (χ4n) is 3.32. The number of aryl methyl sites for hydroxylation is 1. The number of hydrogen-bond donors (Lipinski definition) is 0. The molecule has 0 amide bonds. The molecule has 3 heteroatoms. The van der Waals surface area contributed by atoms with Gasteiger partial charge in [0.1, 0.15) is 11.5 Å². The van der Waals surface area contributed by atoms with Gasteiger partial charge in [-0.05, 0) is 37.3 Å². The summed E-state index contributed by atoms with van der Waals surface area (Å²) >= 11 is 0. The number of benzene rings is 3. The lowest BCUT2D eigenvalue weighted by Gasteiger charge is -2.09. The topological polar surface area (TPSA) is 30.2 Å². The molecule has 3 nitrogen and oxygen atoms in total. The summed E-state index contributed by atoms with van der Waals surface area (Å²) in [6.07, 6.45) is 0. The van der Waals surface area contributed by atoms with Crippen LogP contribution in [0.1, 0.15) is 19.4 Å². The number of nitrogens with zero attached hydrogens (tertiary/aromatic N) is 3. The van der Waals surface area contributed by atoms with Gasteiger partial charge in [0, 0.05) is 10.9 Å². The molecule has 0 N–H and O–H groups in total. The second kappa shape index (κ2) is 6.60. The van der Waals surface area contributed by atoms with E-state index in [1.807, 2.05) is 44.2 Å². The Labute approximate surface area is 153 Å². The van der Waals surface area contributed by atoms with Crippen LogP contribution >= 0.6 is 0 Å². The molecule has 5 rings (SSSR count). The largest absolute Gasteiger partial charge is 0.276 e. The van der Waals surface area contributed by atoms with Crippen LogP contribution in [0, 0.1) is 6.92 Å². The van der Waals surface area contributed by atoms with Gasteiger partial charge in [0.25, 0.3) is 0 Å². The van der Waals surface area contributed by atoms with Gasteiger partial charge >= 0.3 is 0 Å². The fourth-order valence-corrected chi connectivity index (χ4v) is 3.32.